The van der Waals surface area contributed by atoms with E-state index in [4.69, 9.17) is 14.2 Å². The minimum absolute atomic E-state index is 0. The summed E-state index contributed by atoms with van der Waals surface area (Å²) < 4.78 is 44.4. The Bertz CT molecular complexity index is 1580. The molecule has 0 fully saturated rings. The van der Waals surface area contributed by atoms with Gasteiger partial charge in [-0.1, -0.05) is 25.6 Å². The molecule has 0 aliphatic heterocycles. The topological polar surface area (TPSA) is 161 Å². The summed E-state index contributed by atoms with van der Waals surface area (Å²) in [7, 11) is -1.19. The second kappa shape index (κ2) is 13.6. The number of para-hydroxylation sites is 2. The van der Waals surface area contributed by atoms with E-state index in [-0.39, 0.29) is 48.6 Å². The van der Waals surface area contributed by atoms with Crippen molar-refractivity contribution in [2.75, 3.05) is 49.4 Å². The number of nitrogens with one attached hydrogen (secondary N) is 3. The molecule has 212 valence electrons. The summed E-state index contributed by atoms with van der Waals surface area (Å²) in [6.07, 6.45) is 0. The molecule has 0 aliphatic rings. The highest BCUT2D eigenvalue weighted by Gasteiger charge is 2.20. The normalized spacial score (nSPS) is 10.9. The van der Waals surface area contributed by atoms with Crippen LogP contribution in [0.4, 0.5) is 23.0 Å². The Kier molecular flexibility index (Phi) is 10.2. The number of hydrogen-bond donors (Lipinski definition) is 4. The van der Waals surface area contributed by atoms with E-state index in [1.54, 1.807) is 36.4 Å². The quantitative estimate of drug-likeness (QED) is 0.183. The number of phenolic OH excluding ortho intramolecular Hbond substituents is 1. The maximum atomic E-state index is 13.4. The first-order valence-corrected chi connectivity index (χ1v) is 13.2. The zero-order chi connectivity index (χ0) is 27.8. The maximum Gasteiger partial charge on any atom is 0.263 e. The molecular weight excluding hydrogens is 538 g/mol. The maximum absolute atomic E-state index is 13.4. The van der Waals surface area contributed by atoms with Gasteiger partial charge in [0.15, 0.2) is 11.6 Å². The molecule has 0 saturated heterocycles. The second-order valence-electron chi connectivity index (χ2n) is 8.18. The first-order valence-electron chi connectivity index (χ1n) is 11.7. The SMILES string of the molecule is C.COCCOCC(=O)Nc1cccc(S(=O)(=O)Nc2nc3ccccc3nc2Nc2cc(O)cc(OC)c2)c1. The summed E-state index contributed by atoms with van der Waals surface area (Å²) in [5, 5.41) is 15.6. The Labute approximate surface area is 232 Å². The van der Waals surface area contributed by atoms with Gasteiger partial charge in [0.25, 0.3) is 10.0 Å². The number of fused-ring (bicyclic) bond motifs is 1. The lowest BCUT2D eigenvalue weighted by Crippen LogP contribution is -2.20. The molecule has 12 nitrogen and oxygen atoms in total. The minimum atomic E-state index is -4.17. The van der Waals surface area contributed by atoms with Crippen molar-refractivity contribution in [3.05, 3.63) is 66.7 Å². The van der Waals surface area contributed by atoms with Crippen molar-refractivity contribution in [1.82, 2.24) is 9.97 Å². The van der Waals surface area contributed by atoms with Crippen LogP contribution in [0.1, 0.15) is 7.43 Å². The Balaban J connectivity index is 0.00000441. The lowest BCUT2D eigenvalue weighted by Gasteiger charge is -2.15. The van der Waals surface area contributed by atoms with E-state index < -0.39 is 15.9 Å². The molecule has 0 unspecified atom stereocenters. The molecule has 3 aromatic carbocycles. The monoisotopic (exact) mass is 569 g/mol. The third-order valence-corrected chi connectivity index (χ3v) is 6.62. The third kappa shape index (κ3) is 7.79. The van der Waals surface area contributed by atoms with E-state index >= 15 is 0 Å². The number of carbonyl (C=O) groups is 1. The van der Waals surface area contributed by atoms with Crippen LogP contribution in [0.5, 0.6) is 11.5 Å². The molecular formula is C27H31N5O7S. The number of ether oxygens (including phenoxy) is 3. The smallest absolute Gasteiger partial charge is 0.263 e. The fraction of sp³-hybridized carbons (Fsp3) is 0.222. The molecule has 0 bridgehead atoms. The second-order valence-corrected chi connectivity index (χ2v) is 9.86. The molecule has 4 N–H and O–H groups in total. The van der Waals surface area contributed by atoms with E-state index in [9.17, 15) is 18.3 Å². The Morgan fingerprint density at radius 1 is 0.900 bits per heavy atom. The van der Waals surface area contributed by atoms with Gasteiger partial charge in [-0.05, 0) is 30.3 Å². The minimum Gasteiger partial charge on any atom is -0.508 e. The van der Waals surface area contributed by atoms with E-state index in [2.05, 4.69) is 25.3 Å². The summed E-state index contributed by atoms with van der Waals surface area (Å²) in [6, 6.07) is 17.2. The first kappa shape index (κ1) is 30.1. The number of aromatic nitrogens is 2. The fourth-order valence-corrected chi connectivity index (χ4v) is 4.55. The van der Waals surface area contributed by atoms with E-state index in [1.807, 2.05) is 0 Å². The summed E-state index contributed by atoms with van der Waals surface area (Å²) >= 11 is 0. The van der Waals surface area contributed by atoms with Crippen molar-refractivity contribution in [2.45, 2.75) is 12.3 Å². The Morgan fingerprint density at radius 2 is 1.62 bits per heavy atom. The van der Waals surface area contributed by atoms with Gasteiger partial charge in [-0.15, -0.1) is 0 Å². The highest BCUT2D eigenvalue weighted by atomic mass is 32.2. The van der Waals surface area contributed by atoms with Gasteiger partial charge in [-0.3, -0.25) is 9.52 Å². The molecule has 4 aromatic rings. The van der Waals surface area contributed by atoms with E-state index in [0.717, 1.165) is 0 Å². The number of benzene rings is 3. The van der Waals surface area contributed by atoms with Crippen LogP contribution in [0.25, 0.3) is 11.0 Å². The standard InChI is InChI=1S/C26H27N5O7S.CH4/c1-36-10-11-38-16-24(33)27-17-6-5-7-21(14-17)39(34,35)31-26-25(29-22-8-3-4-9-23(22)30-26)28-18-12-19(32)15-20(13-18)37-2;/h3-9,12-15,32H,10-11,16H2,1-2H3,(H,27,33)(H,28,29)(H,30,31);1H4. The predicted octanol–water partition coefficient (Wildman–Crippen LogP) is 4.13. The Hall–Kier alpha value is -4.46. The number of amides is 1. The molecule has 1 aromatic heterocycles. The van der Waals surface area contributed by atoms with Crippen LogP contribution in [0, 0.1) is 0 Å². The largest absolute Gasteiger partial charge is 0.508 e. The van der Waals surface area contributed by atoms with Crippen LogP contribution < -0.4 is 20.1 Å². The van der Waals surface area contributed by atoms with Crippen LogP contribution in [0.2, 0.25) is 0 Å². The zero-order valence-corrected chi connectivity index (χ0v) is 22.0. The molecule has 40 heavy (non-hydrogen) atoms. The summed E-state index contributed by atoms with van der Waals surface area (Å²) in [4.78, 5) is 21.0. The number of carbonyl (C=O) groups excluding carboxylic acids is 1. The molecule has 0 aliphatic carbocycles. The van der Waals surface area contributed by atoms with Crippen LogP contribution in [0.3, 0.4) is 0 Å². The molecule has 0 atom stereocenters. The van der Waals surface area contributed by atoms with Gasteiger partial charge in [-0.2, -0.15) is 0 Å². The van der Waals surface area contributed by atoms with Gasteiger partial charge in [0.1, 0.15) is 18.1 Å². The van der Waals surface area contributed by atoms with Crippen LogP contribution in [-0.2, 0) is 24.3 Å². The molecule has 1 amide bonds. The Morgan fingerprint density at radius 3 is 2.33 bits per heavy atom. The number of anilines is 4. The van der Waals surface area contributed by atoms with Crippen molar-refractivity contribution in [3.63, 3.8) is 0 Å². The number of nitrogens with zero attached hydrogens (tertiary/aromatic N) is 2. The number of rotatable bonds is 12. The highest BCUT2D eigenvalue weighted by molar-refractivity contribution is 7.92. The molecule has 0 saturated carbocycles. The van der Waals surface area contributed by atoms with Crippen molar-refractivity contribution in [2.24, 2.45) is 0 Å². The van der Waals surface area contributed by atoms with E-state index in [1.165, 1.54) is 44.6 Å². The first-order chi connectivity index (χ1) is 18.8. The zero-order valence-electron chi connectivity index (χ0n) is 21.2. The van der Waals surface area contributed by atoms with Crippen LogP contribution in [0.15, 0.2) is 71.6 Å². The number of sulfonamides is 1. The van der Waals surface area contributed by atoms with Crippen molar-refractivity contribution >= 4 is 50.0 Å². The average Bonchev–Trinajstić information content (AvgIpc) is 2.91. The van der Waals surface area contributed by atoms with Gasteiger partial charge >= 0.3 is 0 Å². The summed E-state index contributed by atoms with van der Waals surface area (Å²) in [5.74, 6) is -0.0892. The average molecular weight is 570 g/mol. The fourth-order valence-electron chi connectivity index (χ4n) is 3.50. The lowest BCUT2D eigenvalue weighted by atomic mass is 10.2. The van der Waals surface area contributed by atoms with Gasteiger partial charge in [0.2, 0.25) is 5.91 Å². The molecule has 0 spiro atoms. The predicted molar refractivity (Wildman–Crippen MR) is 153 cm³/mol. The van der Waals surface area contributed by atoms with Gasteiger partial charge in [-0.25, -0.2) is 18.4 Å². The van der Waals surface area contributed by atoms with Gasteiger partial charge in [0, 0.05) is 36.7 Å². The van der Waals surface area contributed by atoms with Crippen LogP contribution >= 0.6 is 0 Å². The molecule has 0 radical (unpaired) electrons. The number of phenols is 1. The van der Waals surface area contributed by atoms with Crippen molar-refractivity contribution in [1.29, 1.82) is 0 Å². The number of aromatic hydroxyl groups is 1. The van der Waals surface area contributed by atoms with Crippen molar-refractivity contribution < 1.29 is 32.5 Å². The number of methoxy groups -OCH3 is 2. The van der Waals surface area contributed by atoms with Crippen molar-refractivity contribution in [3.8, 4) is 11.5 Å². The molecule has 13 heteroatoms. The number of hydrogen-bond acceptors (Lipinski definition) is 10. The van der Waals surface area contributed by atoms with E-state index in [0.29, 0.717) is 29.1 Å². The van der Waals surface area contributed by atoms with Gasteiger partial charge < -0.3 is 30.0 Å². The third-order valence-electron chi connectivity index (χ3n) is 5.28. The van der Waals surface area contributed by atoms with Crippen LogP contribution in [-0.4, -0.2) is 63.4 Å². The lowest BCUT2D eigenvalue weighted by molar-refractivity contribution is -0.121. The summed E-state index contributed by atoms with van der Waals surface area (Å²) in [6.45, 7) is 0.390. The molecule has 4 rings (SSSR count). The molecule has 1 heterocycles. The highest BCUT2D eigenvalue weighted by Crippen LogP contribution is 2.31. The summed E-state index contributed by atoms with van der Waals surface area (Å²) in [5.41, 5.74) is 1.65. The van der Waals surface area contributed by atoms with Gasteiger partial charge in [0.05, 0.1) is 36.3 Å².